The van der Waals surface area contributed by atoms with Crippen LogP contribution in [0.2, 0.25) is 5.02 Å². The fourth-order valence-corrected chi connectivity index (χ4v) is 1.89. The fraction of sp³-hybridized carbons (Fsp3) is 0.250. The van der Waals surface area contributed by atoms with Gasteiger partial charge in [-0.3, -0.25) is 0 Å². The van der Waals surface area contributed by atoms with Crippen LogP contribution < -0.4 is 5.32 Å². The summed E-state index contributed by atoms with van der Waals surface area (Å²) in [5.74, 6) is 0.924. The van der Waals surface area contributed by atoms with Gasteiger partial charge in [-0.15, -0.1) is 0 Å². The number of hydrogen-bond acceptors (Lipinski definition) is 2. The van der Waals surface area contributed by atoms with E-state index in [4.69, 9.17) is 11.6 Å². The Morgan fingerprint density at radius 1 is 1.38 bits per heavy atom. The highest BCUT2D eigenvalue weighted by molar-refractivity contribution is 6.33. The molecule has 0 saturated heterocycles. The van der Waals surface area contributed by atoms with Crippen LogP contribution in [0.25, 0.3) is 0 Å². The van der Waals surface area contributed by atoms with Crippen LogP contribution in [0, 0.1) is 13.8 Å². The van der Waals surface area contributed by atoms with E-state index in [2.05, 4.69) is 15.3 Å². The average Bonchev–Trinajstić information content (AvgIpc) is 2.63. The van der Waals surface area contributed by atoms with Gasteiger partial charge in [0.2, 0.25) is 0 Å². The highest BCUT2D eigenvalue weighted by atomic mass is 35.5. The van der Waals surface area contributed by atoms with Crippen LogP contribution >= 0.6 is 11.6 Å². The number of aryl methyl sites for hydroxylation is 2. The van der Waals surface area contributed by atoms with Crippen molar-refractivity contribution in [3.05, 3.63) is 46.5 Å². The third kappa shape index (κ3) is 2.36. The molecule has 0 fully saturated rings. The Morgan fingerprint density at radius 2 is 2.19 bits per heavy atom. The third-order valence-electron chi connectivity index (χ3n) is 2.43. The average molecular weight is 236 g/mol. The fourth-order valence-electron chi connectivity index (χ4n) is 1.60. The molecule has 1 aromatic heterocycles. The molecule has 0 atom stereocenters. The van der Waals surface area contributed by atoms with Crippen molar-refractivity contribution >= 4 is 17.3 Å². The maximum Gasteiger partial charge on any atom is 0.103 e. The molecule has 84 valence electrons. The highest BCUT2D eigenvalue weighted by Gasteiger charge is 2.03. The Labute approximate surface area is 99.9 Å². The number of halogens is 1. The molecule has 1 heterocycles. The number of benzene rings is 1. The molecule has 0 aliphatic heterocycles. The van der Waals surface area contributed by atoms with Gasteiger partial charge < -0.3 is 10.3 Å². The lowest BCUT2D eigenvalue weighted by Crippen LogP contribution is -2.01. The minimum atomic E-state index is 0.700. The molecule has 0 saturated carbocycles. The van der Waals surface area contributed by atoms with Crippen molar-refractivity contribution in [3.63, 3.8) is 0 Å². The second kappa shape index (κ2) is 4.58. The number of rotatable bonds is 3. The van der Waals surface area contributed by atoms with Crippen molar-refractivity contribution in [2.75, 3.05) is 5.32 Å². The van der Waals surface area contributed by atoms with Gasteiger partial charge in [-0.05, 0) is 25.5 Å². The summed E-state index contributed by atoms with van der Waals surface area (Å²) in [4.78, 5) is 7.31. The predicted octanol–water partition coefficient (Wildman–Crippen LogP) is 3.29. The molecule has 0 bridgehead atoms. The zero-order chi connectivity index (χ0) is 11.5. The molecule has 0 aliphatic rings. The van der Waals surface area contributed by atoms with Gasteiger partial charge in [0.15, 0.2) is 0 Å². The first-order valence-electron chi connectivity index (χ1n) is 5.16. The number of anilines is 1. The number of nitrogens with zero attached hydrogens (tertiary/aromatic N) is 1. The summed E-state index contributed by atoms with van der Waals surface area (Å²) in [7, 11) is 0. The summed E-state index contributed by atoms with van der Waals surface area (Å²) in [6.45, 7) is 4.67. The van der Waals surface area contributed by atoms with Gasteiger partial charge in [-0.1, -0.05) is 23.7 Å². The molecule has 0 unspecified atom stereocenters. The van der Waals surface area contributed by atoms with Crippen LogP contribution in [-0.4, -0.2) is 9.97 Å². The molecular formula is C12H14ClN3. The SMILES string of the molecule is Cc1ncc(CNc2c(C)cccc2Cl)[nH]1. The summed E-state index contributed by atoms with van der Waals surface area (Å²) < 4.78 is 0. The molecule has 1 aromatic carbocycles. The first-order chi connectivity index (χ1) is 7.66. The molecule has 0 spiro atoms. The topological polar surface area (TPSA) is 40.7 Å². The molecule has 0 radical (unpaired) electrons. The minimum absolute atomic E-state index is 0.700. The molecule has 0 aliphatic carbocycles. The highest BCUT2D eigenvalue weighted by Crippen LogP contribution is 2.25. The van der Waals surface area contributed by atoms with E-state index in [-0.39, 0.29) is 0 Å². The molecule has 3 nitrogen and oxygen atoms in total. The quantitative estimate of drug-likeness (QED) is 0.857. The summed E-state index contributed by atoms with van der Waals surface area (Å²) >= 11 is 6.11. The van der Waals surface area contributed by atoms with Gasteiger partial charge in [0.05, 0.1) is 29.1 Å². The van der Waals surface area contributed by atoms with Gasteiger partial charge in [-0.2, -0.15) is 0 Å². The summed E-state index contributed by atoms with van der Waals surface area (Å²) in [6, 6.07) is 5.87. The van der Waals surface area contributed by atoms with E-state index in [0.29, 0.717) is 6.54 Å². The van der Waals surface area contributed by atoms with Crippen LogP contribution in [-0.2, 0) is 6.54 Å². The second-order valence-electron chi connectivity index (χ2n) is 3.78. The molecule has 2 aromatic rings. The Hall–Kier alpha value is -1.48. The van der Waals surface area contributed by atoms with Gasteiger partial charge in [0, 0.05) is 0 Å². The smallest absolute Gasteiger partial charge is 0.103 e. The number of nitrogens with one attached hydrogen (secondary N) is 2. The molecule has 2 N–H and O–H groups in total. The van der Waals surface area contributed by atoms with Gasteiger partial charge in [0.25, 0.3) is 0 Å². The predicted molar refractivity (Wildman–Crippen MR) is 66.8 cm³/mol. The van der Waals surface area contributed by atoms with E-state index in [9.17, 15) is 0 Å². The number of imidazole rings is 1. The molecule has 2 rings (SSSR count). The normalized spacial score (nSPS) is 10.4. The van der Waals surface area contributed by atoms with Crippen LogP contribution in [0.15, 0.2) is 24.4 Å². The first-order valence-corrected chi connectivity index (χ1v) is 5.54. The molecule has 16 heavy (non-hydrogen) atoms. The van der Waals surface area contributed by atoms with Gasteiger partial charge >= 0.3 is 0 Å². The van der Waals surface area contributed by atoms with Crippen LogP contribution in [0.1, 0.15) is 17.1 Å². The van der Waals surface area contributed by atoms with Gasteiger partial charge in [0.1, 0.15) is 5.82 Å². The molecule has 4 heteroatoms. The zero-order valence-corrected chi connectivity index (χ0v) is 10.1. The number of aromatic nitrogens is 2. The second-order valence-corrected chi connectivity index (χ2v) is 4.19. The summed E-state index contributed by atoms with van der Waals surface area (Å²) in [6.07, 6.45) is 1.83. The number of H-pyrrole nitrogens is 1. The maximum atomic E-state index is 6.11. The van der Waals surface area contributed by atoms with E-state index >= 15 is 0 Å². The molecule has 0 amide bonds. The Balaban J connectivity index is 2.10. The third-order valence-corrected chi connectivity index (χ3v) is 2.75. The Kier molecular flexibility index (Phi) is 3.15. The minimum Gasteiger partial charge on any atom is -0.378 e. The van der Waals surface area contributed by atoms with Gasteiger partial charge in [-0.25, -0.2) is 4.98 Å². The number of aromatic amines is 1. The van der Waals surface area contributed by atoms with E-state index in [1.54, 1.807) is 0 Å². The lowest BCUT2D eigenvalue weighted by Gasteiger charge is -2.10. The summed E-state index contributed by atoms with van der Waals surface area (Å²) in [5, 5.41) is 4.05. The molecular weight excluding hydrogens is 222 g/mol. The van der Waals surface area contributed by atoms with Crippen molar-refractivity contribution in [1.82, 2.24) is 9.97 Å². The lowest BCUT2D eigenvalue weighted by atomic mass is 10.2. The van der Waals surface area contributed by atoms with E-state index in [1.807, 2.05) is 38.2 Å². The Bertz CT molecular complexity index is 471. The van der Waals surface area contributed by atoms with Crippen LogP contribution in [0.3, 0.4) is 0 Å². The van der Waals surface area contributed by atoms with Crippen molar-refractivity contribution in [2.45, 2.75) is 20.4 Å². The van der Waals surface area contributed by atoms with Crippen molar-refractivity contribution < 1.29 is 0 Å². The monoisotopic (exact) mass is 235 g/mol. The Morgan fingerprint density at radius 3 is 2.81 bits per heavy atom. The summed E-state index contributed by atoms with van der Waals surface area (Å²) in [5.41, 5.74) is 3.18. The van der Waals surface area contributed by atoms with E-state index in [0.717, 1.165) is 27.8 Å². The lowest BCUT2D eigenvalue weighted by molar-refractivity contribution is 1.04. The first kappa shape index (κ1) is 11.0. The standard InChI is InChI=1S/C12H14ClN3/c1-8-4-3-5-11(13)12(8)15-7-10-6-14-9(2)16-10/h3-6,15H,7H2,1-2H3,(H,14,16). The number of para-hydroxylation sites is 1. The van der Waals surface area contributed by atoms with Crippen molar-refractivity contribution in [1.29, 1.82) is 0 Å². The van der Waals surface area contributed by atoms with Crippen molar-refractivity contribution in [3.8, 4) is 0 Å². The van der Waals surface area contributed by atoms with Crippen LogP contribution in [0.4, 0.5) is 5.69 Å². The van der Waals surface area contributed by atoms with E-state index in [1.165, 1.54) is 0 Å². The number of hydrogen-bond donors (Lipinski definition) is 2. The van der Waals surface area contributed by atoms with Crippen LogP contribution in [0.5, 0.6) is 0 Å². The van der Waals surface area contributed by atoms with E-state index < -0.39 is 0 Å². The van der Waals surface area contributed by atoms with Crippen molar-refractivity contribution in [2.24, 2.45) is 0 Å². The zero-order valence-electron chi connectivity index (χ0n) is 9.34. The largest absolute Gasteiger partial charge is 0.378 e. The maximum absolute atomic E-state index is 6.11.